The normalized spacial score (nSPS) is 14.4. The van der Waals surface area contributed by atoms with Crippen molar-refractivity contribution < 1.29 is 14.3 Å². The summed E-state index contributed by atoms with van der Waals surface area (Å²) in [5.74, 6) is 0.852. The molecule has 1 unspecified atom stereocenters. The van der Waals surface area contributed by atoms with Crippen molar-refractivity contribution in [2.75, 3.05) is 17.7 Å². The summed E-state index contributed by atoms with van der Waals surface area (Å²) in [5.41, 5.74) is 3.44. The molecular weight excluding hydrogens is 526 g/mol. The number of rotatable bonds is 9. The molecule has 0 spiro atoms. The van der Waals surface area contributed by atoms with Crippen LogP contribution in [0.2, 0.25) is 0 Å². The lowest BCUT2D eigenvalue weighted by Gasteiger charge is -2.21. The second kappa shape index (κ2) is 13.0. The Morgan fingerprint density at radius 3 is 2.33 bits per heavy atom. The molecule has 1 aliphatic carbocycles. The van der Waals surface area contributed by atoms with Gasteiger partial charge in [-0.25, -0.2) is 4.98 Å². The Hall–Kier alpha value is -3.62. The van der Waals surface area contributed by atoms with Crippen LogP contribution >= 0.6 is 23.1 Å². The standard InChI is InChI=1S/C31H31N3O3S2/c1-37-25-16-12-21(13-17-25)27-20-38-31(33-27)34-30(36)28(22-8-4-2-5-9-22)39-26-18-14-24(15-19-26)32-29(35)23-10-6-3-7-11-23/h2,4-5,8-9,12-20,23,28H,3,6-7,10-11H2,1H3,(H,32,35)(H,33,34,36). The average Bonchev–Trinajstić information content (AvgIpc) is 3.46. The van der Waals surface area contributed by atoms with E-state index in [1.165, 1.54) is 29.5 Å². The quantitative estimate of drug-likeness (QED) is 0.205. The van der Waals surface area contributed by atoms with Gasteiger partial charge in [0.25, 0.3) is 0 Å². The Kier molecular flexibility index (Phi) is 8.96. The number of carbonyl (C=O) groups is 2. The summed E-state index contributed by atoms with van der Waals surface area (Å²) < 4.78 is 5.23. The monoisotopic (exact) mass is 557 g/mol. The largest absolute Gasteiger partial charge is 0.497 e. The second-order valence-electron chi connectivity index (χ2n) is 9.51. The summed E-state index contributed by atoms with van der Waals surface area (Å²) in [5, 5.41) is 8.09. The number of benzene rings is 3. The number of hydrogen-bond acceptors (Lipinski definition) is 6. The van der Waals surface area contributed by atoms with Gasteiger partial charge in [0.1, 0.15) is 11.0 Å². The highest BCUT2D eigenvalue weighted by Crippen LogP contribution is 2.37. The topological polar surface area (TPSA) is 80.3 Å². The molecule has 1 aliphatic rings. The maximum absolute atomic E-state index is 13.5. The lowest BCUT2D eigenvalue weighted by Crippen LogP contribution is -2.24. The van der Waals surface area contributed by atoms with Crippen molar-refractivity contribution in [1.29, 1.82) is 0 Å². The van der Waals surface area contributed by atoms with Crippen molar-refractivity contribution in [2.24, 2.45) is 5.92 Å². The van der Waals surface area contributed by atoms with Crippen molar-refractivity contribution >= 4 is 45.7 Å². The van der Waals surface area contributed by atoms with E-state index in [1.807, 2.05) is 84.2 Å². The van der Waals surface area contributed by atoms with E-state index in [9.17, 15) is 9.59 Å². The van der Waals surface area contributed by atoms with E-state index >= 15 is 0 Å². The summed E-state index contributed by atoms with van der Waals surface area (Å²) in [6, 6.07) is 25.1. The number of ether oxygens (including phenoxy) is 1. The van der Waals surface area contributed by atoms with Crippen LogP contribution in [0.4, 0.5) is 10.8 Å². The first-order valence-corrected chi connectivity index (χ1v) is 14.9. The number of nitrogens with zero attached hydrogens (tertiary/aromatic N) is 1. The fourth-order valence-corrected chi connectivity index (χ4v) is 6.41. The molecule has 1 fully saturated rings. The highest BCUT2D eigenvalue weighted by Gasteiger charge is 2.24. The van der Waals surface area contributed by atoms with E-state index in [1.54, 1.807) is 7.11 Å². The van der Waals surface area contributed by atoms with Gasteiger partial charge < -0.3 is 15.4 Å². The lowest BCUT2D eigenvalue weighted by atomic mass is 9.88. The van der Waals surface area contributed by atoms with E-state index in [0.29, 0.717) is 5.13 Å². The molecular formula is C31H31N3O3S2. The predicted molar refractivity (Wildman–Crippen MR) is 159 cm³/mol. The van der Waals surface area contributed by atoms with Gasteiger partial charge in [0.15, 0.2) is 5.13 Å². The van der Waals surface area contributed by atoms with Crippen LogP contribution in [0.3, 0.4) is 0 Å². The number of hydrogen-bond donors (Lipinski definition) is 2. The Bertz CT molecular complexity index is 1380. The Balaban J connectivity index is 1.27. The Labute approximate surface area is 237 Å². The van der Waals surface area contributed by atoms with Crippen molar-refractivity contribution in [3.05, 3.63) is 89.8 Å². The van der Waals surface area contributed by atoms with E-state index < -0.39 is 5.25 Å². The van der Waals surface area contributed by atoms with Gasteiger partial charge in [-0.3, -0.25) is 9.59 Å². The number of amides is 2. The third-order valence-corrected chi connectivity index (χ3v) is 8.84. The maximum atomic E-state index is 13.5. The highest BCUT2D eigenvalue weighted by molar-refractivity contribution is 8.00. The zero-order chi connectivity index (χ0) is 27.0. The van der Waals surface area contributed by atoms with Crippen molar-refractivity contribution in [1.82, 2.24) is 4.98 Å². The number of carbonyl (C=O) groups excluding carboxylic acids is 2. The Morgan fingerprint density at radius 1 is 0.923 bits per heavy atom. The van der Waals surface area contributed by atoms with Gasteiger partial charge in [0, 0.05) is 27.4 Å². The van der Waals surface area contributed by atoms with Crippen LogP contribution in [0, 0.1) is 5.92 Å². The molecule has 0 bridgehead atoms. The number of aromatic nitrogens is 1. The summed E-state index contributed by atoms with van der Waals surface area (Å²) >= 11 is 2.87. The molecule has 0 radical (unpaired) electrons. The van der Waals surface area contributed by atoms with Crippen molar-refractivity contribution in [3.8, 4) is 17.0 Å². The number of thioether (sulfide) groups is 1. The minimum absolute atomic E-state index is 0.106. The molecule has 3 aromatic carbocycles. The van der Waals surface area contributed by atoms with Crippen molar-refractivity contribution in [3.63, 3.8) is 0 Å². The van der Waals surface area contributed by atoms with Crippen LogP contribution in [0.1, 0.15) is 42.9 Å². The van der Waals surface area contributed by atoms with Gasteiger partial charge >= 0.3 is 0 Å². The predicted octanol–water partition coefficient (Wildman–Crippen LogP) is 7.81. The molecule has 6 nitrogen and oxygen atoms in total. The zero-order valence-electron chi connectivity index (χ0n) is 21.8. The average molecular weight is 558 g/mol. The van der Waals surface area contributed by atoms with Gasteiger partial charge in [0.05, 0.1) is 12.8 Å². The number of nitrogens with one attached hydrogen (secondary N) is 2. The summed E-state index contributed by atoms with van der Waals surface area (Å²) in [4.78, 5) is 31.7. The summed E-state index contributed by atoms with van der Waals surface area (Å²) in [6.07, 6.45) is 5.40. The van der Waals surface area contributed by atoms with Crippen LogP contribution in [-0.2, 0) is 9.59 Å². The maximum Gasteiger partial charge on any atom is 0.244 e. The SMILES string of the molecule is COc1ccc(-c2csc(NC(=O)C(Sc3ccc(NC(=O)C4CCCCC4)cc3)c3ccccc3)n2)cc1. The molecule has 5 rings (SSSR count). The molecule has 0 aliphatic heterocycles. The van der Waals surface area contributed by atoms with Gasteiger partial charge in [-0.05, 0) is 66.9 Å². The van der Waals surface area contributed by atoms with Gasteiger partial charge in [-0.1, -0.05) is 49.6 Å². The first-order chi connectivity index (χ1) is 19.1. The minimum atomic E-state index is -0.470. The van der Waals surface area contributed by atoms with Crippen LogP contribution in [-0.4, -0.2) is 23.9 Å². The van der Waals surface area contributed by atoms with Crippen LogP contribution in [0.5, 0.6) is 5.75 Å². The van der Waals surface area contributed by atoms with Crippen LogP contribution in [0.25, 0.3) is 11.3 Å². The fraction of sp³-hybridized carbons (Fsp3) is 0.258. The minimum Gasteiger partial charge on any atom is -0.497 e. The van der Waals surface area contributed by atoms with Gasteiger partial charge in [-0.2, -0.15) is 0 Å². The molecule has 39 heavy (non-hydrogen) atoms. The third kappa shape index (κ3) is 7.07. The molecule has 8 heteroatoms. The molecule has 1 saturated carbocycles. The number of thiazole rings is 1. The molecule has 200 valence electrons. The van der Waals surface area contributed by atoms with E-state index in [0.717, 1.165) is 58.8 Å². The first-order valence-electron chi connectivity index (χ1n) is 13.1. The molecule has 1 heterocycles. The van der Waals surface area contributed by atoms with E-state index in [4.69, 9.17) is 4.74 Å². The second-order valence-corrected chi connectivity index (χ2v) is 11.5. The fourth-order valence-electron chi connectivity index (χ4n) is 4.66. The molecule has 1 aromatic heterocycles. The molecule has 1 atom stereocenters. The number of anilines is 2. The zero-order valence-corrected chi connectivity index (χ0v) is 23.4. The van der Waals surface area contributed by atoms with Gasteiger partial charge in [-0.15, -0.1) is 23.1 Å². The number of methoxy groups -OCH3 is 1. The smallest absolute Gasteiger partial charge is 0.244 e. The van der Waals surface area contributed by atoms with Crippen molar-refractivity contribution in [2.45, 2.75) is 42.2 Å². The van der Waals surface area contributed by atoms with Gasteiger partial charge in [0.2, 0.25) is 11.8 Å². The summed E-state index contributed by atoms with van der Waals surface area (Å²) in [6.45, 7) is 0. The van der Waals surface area contributed by atoms with Crippen LogP contribution in [0.15, 0.2) is 89.1 Å². The first kappa shape index (κ1) is 27.0. The van der Waals surface area contributed by atoms with E-state index in [2.05, 4.69) is 15.6 Å². The molecule has 4 aromatic rings. The Morgan fingerprint density at radius 2 is 1.64 bits per heavy atom. The highest BCUT2D eigenvalue weighted by atomic mass is 32.2. The third-order valence-electron chi connectivity index (χ3n) is 6.81. The molecule has 2 N–H and O–H groups in total. The van der Waals surface area contributed by atoms with E-state index in [-0.39, 0.29) is 17.7 Å². The summed E-state index contributed by atoms with van der Waals surface area (Å²) in [7, 11) is 1.64. The lowest BCUT2D eigenvalue weighted by molar-refractivity contribution is -0.120. The van der Waals surface area contributed by atoms with Crippen LogP contribution < -0.4 is 15.4 Å². The molecule has 2 amide bonds. The molecule has 0 saturated heterocycles.